The zero-order valence-corrected chi connectivity index (χ0v) is 17.6. The van der Waals surface area contributed by atoms with Gasteiger partial charge in [-0.25, -0.2) is 4.79 Å². The molecule has 0 spiro atoms. The molecule has 2 saturated heterocycles. The second-order valence-corrected chi connectivity index (χ2v) is 7.59. The summed E-state index contributed by atoms with van der Waals surface area (Å²) in [6.07, 6.45) is 2.54. The summed E-state index contributed by atoms with van der Waals surface area (Å²) in [5.74, 6) is 1.47. The van der Waals surface area contributed by atoms with Crippen molar-refractivity contribution in [1.29, 1.82) is 0 Å². The van der Waals surface area contributed by atoms with E-state index in [1.807, 2.05) is 17.0 Å². The normalized spacial score (nSPS) is 19.4. The first kappa shape index (κ1) is 21.2. The minimum atomic E-state index is -0.390. The van der Waals surface area contributed by atoms with Crippen LogP contribution in [0.1, 0.15) is 18.4 Å². The van der Waals surface area contributed by atoms with Gasteiger partial charge in [-0.15, -0.1) is 0 Å². The Morgan fingerprint density at radius 3 is 2.72 bits per heavy atom. The third-order valence-electron chi connectivity index (χ3n) is 5.74. The first-order valence-corrected chi connectivity index (χ1v) is 10.1. The summed E-state index contributed by atoms with van der Waals surface area (Å²) in [5, 5.41) is 0. The quantitative estimate of drug-likeness (QED) is 0.655. The monoisotopic (exact) mass is 405 g/mol. The van der Waals surface area contributed by atoms with Gasteiger partial charge in [0.25, 0.3) is 0 Å². The maximum atomic E-state index is 12.6. The summed E-state index contributed by atoms with van der Waals surface area (Å²) >= 11 is 0. The van der Waals surface area contributed by atoms with Crippen molar-refractivity contribution < 1.29 is 23.8 Å². The van der Waals surface area contributed by atoms with Gasteiger partial charge < -0.3 is 24.0 Å². The van der Waals surface area contributed by atoms with E-state index in [1.165, 1.54) is 10.5 Å². The van der Waals surface area contributed by atoms with Crippen molar-refractivity contribution in [3.63, 3.8) is 0 Å². The fourth-order valence-electron chi connectivity index (χ4n) is 3.90. The Morgan fingerprint density at radius 2 is 2.03 bits per heavy atom. The van der Waals surface area contributed by atoms with Crippen LogP contribution in [0, 0.1) is 0 Å². The summed E-state index contributed by atoms with van der Waals surface area (Å²) in [4.78, 5) is 29.9. The number of rotatable bonds is 8. The van der Waals surface area contributed by atoms with Crippen molar-refractivity contribution in [3.05, 3.63) is 23.8 Å². The number of carbonyl (C=O) groups excluding carboxylic acids is 2. The van der Waals surface area contributed by atoms with Gasteiger partial charge >= 0.3 is 6.09 Å². The third-order valence-corrected chi connectivity index (χ3v) is 5.74. The molecule has 0 saturated carbocycles. The number of hydrogen-bond donors (Lipinski definition) is 0. The molecule has 1 atom stereocenters. The van der Waals surface area contributed by atoms with Gasteiger partial charge in [0.05, 0.1) is 20.8 Å². The number of ether oxygens (including phenoxy) is 3. The Morgan fingerprint density at radius 1 is 1.24 bits per heavy atom. The van der Waals surface area contributed by atoms with Crippen LogP contribution in [0.3, 0.4) is 0 Å². The van der Waals surface area contributed by atoms with Crippen molar-refractivity contribution in [2.75, 3.05) is 60.6 Å². The molecule has 2 fully saturated rings. The molecule has 3 rings (SSSR count). The number of nitrogens with zero attached hydrogens (tertiary/aromatic N) is 3. The molecule has 1 aromatic rings. The number of amides is 2. The van der Waals surface area contributed by atoms with Crippen LogP contribution in [0.4, 0.5) is 4.79 Å². The van der Waals surface area contributed by atoms with Crippen molar-refractivity contribution in [3.8, 4) is 11.5 Å². The average Bonchev–Trinajstić information content (AvgIpc) is 3.16. The molecule has 0 aromatic heterocycles. The summed E-state index contributed by atoms with van der Waals surface area (Å²) in [6, 6.07) is 6.32. The van der Waals surface area contributed by atoms with Crippen LogP contribution in [0.25, 0.3) is 0 Å². The molecule has 1 aromatic carbocycles. The largest absolute Gasteiger partial charge is 0.493 e. The average molecular weight is 405 g/mol. The number of likely N-dealkylation sites (tertiary alicyclic amines) is 1. The van der Waals surface area contributed by atoms with Gasteiger partial charge in [-0.3, -0.25) is 9.69 Å². The van der Waals surface area contributed by atoms with Gasteiger partial charge in [-0.2, -0.15) is 0 Å². The Balaban J connectivity index is 1.51. The molecule has 8 heteroatoms. The Labute approximate surface area is 172 Å². The molecule has 2 aliphatic rings. The Bertz CT molecular complexity index is 726. The molecule has 2 amide bonds. The standard InChI is InChI=1S/C21H31N3O5/c1-22(10-8-16-6-7-18(27-2)19(13-16)28-3)17-5-4-9-23(14-17)20(25)15-24-11-12-29-21(24)26/h6-7,13,17H,4-5,8-12,14-15H2,1-3H3. The van der Waals surface area contributed by atoms with E-state index in [1.54, 1.807) is 14.2 Å². The molecule has 2 heterocycles. The molecule has 8 nitrogen and oxygen atoms in total. The second kappa shape index (κ2) is 9.82. The molecule has 0 bridgehead atoms. The molecule has 2 aliphatic heterocycles. The molecule has 29 heavy (non-hydrogen) atoms. The van der Waals surface area contributed by atoms with Crippen LogP contribution in [-0.4, -0.2) is 93.3 Å². The first-order valence-electron chi connectivity index (χ1n) is 10.1. The SMILES string of the molecule is COc1ccc(CCN(C)C2CCCN(C(=O)CN3CCOC3=O)C2)cc1OC. The van der Waals surface area contributed by atoms with E-state index in [0.717, 1.165) is 43.9 Å². The number of benzene rings is 1. The highest BCUT2D eigenvalue weighted by atomic mass is 16.6. The highest BCUT2D eigenvalue weighted by Crippen LogP contribution is 2.28. The minimum absolute atomic E-state index is 0.00170. The van der Waals surface area contributed by atoms with Crippen molar-refractivity contribution in [1.82, 2.24) is 14.7 Å². The molecular formula is C21H31N3O5. The maximum Gasteiger partial charge on any atom is 0.410 e. The van der Waals surface area contributed by atoms with Crippen molar-refractivity contribution in [2.24, 2.45) is 0 Å². The maximum absolute atomic E-state index is 12.6. The van der Waals surface area contributed by atoms with E-state index in [-0.39, 0.29) is 18.5 Å². The number of piperidine rings is 1. The Hall–Kier alpha value is -2.48. The fraction of sp³-hybridized carbons (Fsp3) is 0.619. The summed E-state index contributed by atoms with van der Waals surface area (Å²) in [6.45, 7) is 3.31. The van der Waals surface area contributed by atoms with E-state index in [9.17, 15) is 9.59 Å². The van der Waals surface area contributed by atoms with Gasteiger partial charge in [0, 0.05) is 25.7 Å². The van der Waals surface area contributed by atoms with E-state index >= 15 is 0 Å². The lowest BCUT2D eigenvalue weighted by atomic mass is 10.0. The predicted octanol–water partition coefficient (Wildman–Crippen LogP) is 1.62. The van der Waals surface area contributed by atoms with Gasteiger partial charge in [-0.05, 0) is 44.0 Å². The minimum Gasteiger partial charge on any atom is -0.493 e. The Kier molecular flexibility index (Phi) is 7.19. The lowest BCUT2D eigenvalue weighted by Crippen LogP contribution is -2.51. The van der Waals surface area contributed by atoms with E-state index in [2.05, 4.69) is 18.0 Å². The molecule has 160 valence electrons. The van der Waals surface area contributed by atoms with Crippen LogP contribution in [0.15, 0.2) is 18.2 Å². The highest BCUT2D eigenvalue weighted by molar-refractivity contribution is 5.83. The zero-order chi connectivity index (χ0) is 20.8. The van der Waals surface area contributed by atoms with Gasteiger partial charge in [0.15, 0.2) is 11.5 Å². The lowest BCUT2D eigenvalue weighted by molar-refractivity contribution is -0.133. The van der Waals surface area contributed by atoms with Crippen LogP contribution >= 0.6 is 0 Å². The first-order chi connectivity index (χ1) is 14.0. The van der Waals surface area contributed by atoms with Crippen molar-refractivity contribution >= 4 is 12.0 Å². The number of carbonyl (C=O) groups is 2. The van der Waals surface area contributed by atoms with Crippen molar-refractivity contribution in [2.45, 2.75) is 25.3 Å². The molecule has 1 unspecified atom stereocenters. The second-order valence-electron chi connectivity index (χ2n) is 7.59. The smallest absolute Gasteiger partial charge is 0.410 e. The molecular weight excluding hydrogens is 374 g/mol. The van der Waals surface area contributed by atoms with Gasteiger partial charge in [0.2, 0.25) is 5.91 Å². The van der Waals surface area contributed by atoms with E-state index in [4.69, 9.17) is 14.2 Å². The van der Waals surface area contributed by atoms with Crippen LogP contribution in [0.5, 0.6) is 11.5 Å². The van der Waals surface area contributed by atoms with Crippen LogP contribution in [0.2, 0.25) is 0 Å². The number of likely N-dealkylation sites (N-methyl/N-ethyl adjacent to an activating group) is 1. The zero-order valence-electron chi connectivity index (χ0n) is 17.6. The topological polar surface area (TPSA) is 71.5 Å². The number of hydrogen-bond acceptors (Lipinski definition) is 6. The van der Waals surface area contributed by atoms with Crippen LogP contribution < -0.4 is 9.47 Å². The summed E-state index contributed by atoms with van der Waals surface area (Å²) in [7, 11) is 5.38. The predicted molar refractivity (Wildman–Crippen MR) is 108 cm³/mol. The highest BCUT2D eigenvalue weighted by Gasteiger charge is 2.30. The van der Waals surface area contributed by atoms with E-state index < -0.39 is 0 Å². The molecule has 0 aliphatic carbocycles. The van der Waals surface area contributed by atoms with Gasteiger partial charge in [0.1, 0.15) is 13.2 Å². The van der Waals surface area contributed by atoms with Gasteiger partial charge in [-0.1, -0.05) is 6.07 Å². The van der Waals surface area contributed by atoms with Crippen LogP contribution in [-0.2, 0) is 16.0 Å². The van der Waals surface area contributed by atoms with E-state index in [0.29, 0.717) is 25.7 Å². The number of methoxy groups -OCH3 is 2. The number of cyclic esters (lactones) is 1. The molecule has 0 radical (unpaired) electrons. The third kappa shape index (κ3) is 5.32. The summed E-state index contributed by atoms with van der Waals surface area (Å²) in [5.41, 5.74) is 1.19. The molecule has 0 N–H and O–H groups in total. The lowest BCUT2D eigenvalue weighted by Gasteiger charge is -2.38. The summed E-state index contributed by atoms with van der Waals surface area (Å²) < 4.78 is 15.6. The fourth-order valence-corrected chi connectivity index (χ4v) is 3.90.